The Bertz CT molecular complexity index is 516. The second kappa shape index (κ2) is 16.1. The Balaban J connectivity index is 0.00000480. The van der Waals surface area contributed by atoms with Crippen LogP contribution in [0.25, 0.3) is 0 Å². The smallest absolute Gasteiger partial charge is 0.225 e. The summed E-state index contributed by atoms with van der Waals surface area (Å²) < 4.78 is 0. The number of amides is 1. The highest BCUT2D eigenvalue weighted by atomic mass is 127. The van der Waals surface area contributed by atoms with E-state index in [-0.39, 0.29) is 24.0 Å². The van der Waals surface area contributed by atoms with E-state index in [1.807, 2.05) is 0 Å². The molecule has 0 aromatic carbocycles. The molecule has 1 unspecified atom stereocenters. The van der Waals surface area contributed by atoms with Crippen LogP contribution < -0.4 is 10.6 Å². The van der Waals surface area contributed by atoms with Gasteiger partial charge in [-0.25, -0.2) is 0 Å². The van der Waals surface area contributed by atoms with E-state index in [0.717, 1.165) is 84.1 Å². The number of hydrogen-bond donors (Lipinski definition) is 2. The fraction of sp³-hybridized carbons (Fsp3) is 0.913. The molecule has 0 aromatic rings. The lowest BCUT2D eigenvalue weighted by Crippen LogP contribution is -2.51. The predicted octanol–water partition coefficient (Wildman–Crippen LogP) is 2.61. The Morgan fingerprint density at radius 1 is 1.13 bits per heavy atom. The highest BCUT2D eigenvalue weighted by Crippen LogP contribution is 2.28. The molecular weight excluding hydrogens is 503 g/mol. The summed E-state index contributed by atoms with van der Waals surface area (Å²) in [7, 11) is 0. The molecule has 2 N–H and O–H groups in total. The molecule has 0 aromatic heterocycles. The van der Waals surface area contributed by atoms with Gasteiger partial charge in [-0.2, -0.15) is 0 Å². The molecule has 1 saturated heterocycles. The van der Waals surface area contributed by atoms with Gasteiger partial charge in [-0.3, -0.25) is 14.7 Å². The van der Waals surface area contributed by atoms with E-state index < -0.39 is 0 Å². The third-order valence-electron chi connectivity index (χ3n) is 6.56. The fourth-order valence-electron chi connectivity index (χ4n) is 4.19. The molecule has 0 spiro atoms. The van der Waals surface area contributed by atoms with Gasteiger partial charge < -0.3 is 20.4 Å². The van der Waals surface area contributed by atoms with Crippen molar-refractivity contribution in [3.05, 3.63) is 0 Å². The van der Waals surface area contributed by atoms with Crippen LogP contribution >= 0.6 is 24.0 Å². The molecule has 1 amide bonds. The maximum absolute atomic E-state index is 12.4. The largest absolute Gasteiger partial charge is 0.357 e. The van der Waals surface area contributed by atoms with Gasteiger partial charge in [0.05, 0.1) is 6.54 Å². The highest BCUT2D eigenvalue weighted by molar-refractivity contribution is 14.0. The minimum atomic E-state index is 0. The number of guanidine groups is 1. The summed E-state index contributed by atoms with van der Waals surface area (Å²) in [4.78, 5) is 24.2. The van der Waals surface area contributed by atoms with E-state index in [4.69, 9.17) is 4.99 Å². The number of rotatable bonds is 12. The lowest BCUT2D eigenvalue weighted by Gasteiger charge is -2.38. The average Bonchev–Trinajstić information content (AvgIpc) is 2.70. The molecule has 1 aliphatic heterocycles. The summed E-state index contributed by atoms with van der Waals surface area (Å²) in [6.45, 7) is 18.6. The zero-order valence-electron chi connectivity index (χ0n) is 20.4. The highest BCUT2D eigenvalue weighted by Gasteiger charge is 2.30. The number of halogens is 1. The van der Waals surface area contributed by atoms with Gasteiger partial charge in [-0.05, 0) is 59.2 Å². The lowest BCUT2D eigenvalue weighted by atomic mass is 9.84. The predicted molar refractivity (Wildman–Crippen MR) is 141 cm³/mol. The number of nitrogens with zero attached hydrogens (tertiary/aromatic N) is 4. The zero-order chi connectivity index (χ0) is 21.8. The molecule has 2 rings (SSSR count). The Hall–Kier alpha value is -0.610. The number of piperazine rings is 1. The summed E-state index contributed by atoms with van der Waals surface area (Å²) in [5.74, 6) is 1.64. The van der Waals surface area contributed by atoms with E-state index in [2.05, 4.69) is 53.0 Å². The van der Waals surface area contributed by atoms with Crippen molar-refractivity contribution in [2.45, 2.75) is 65.8 Å². The third kappa shape index (κ3) is 10.2. The first kappa shape index (κ1) is 28.4. The van der Waals surface area contributed by atoms with Crippen molar-refractivity contribution in [2.75, 3.05) is 65.4 Å². The van der Waals surface area contributed by atoms with Gasteiger partial charge in [0, 0.05) is 51.2 Å². The van der Waals surface area contributed by atoms with Crippen LogP contribution in [-0.2, 0) is 4.79 Å². The van der Waals surface area contributed by atoms with E-state index in [0.29, 0.717) is 17.9 Å². The van der Waals surface area contributed by atoms with Crippen LogP contribution in [0.15, 0.2) is 4.99 Å². The van der Waals surface area contributed by atoms with E-state index in [9.17, 15) is 4.79 Å². The van der Waals surface area contributed by atoms with Crippen molar-refractivity contribution >= 4 is 35.8 Å². The van der Waals surface area contributed by atoms with Crippen LogP contribution in [-0.4, -0.2) is 98.1 Å². The number of carbonyl (C=O) groups excluding carboxylic acids is 1. The topological polar surface area (TPSA) is 63.2 Å². The van der Waals surface area contributed by atoms with Gasteiger partial charge in [-0.15, -0.1) is 24.0 Å². The van der Waals surface area contributed by atoms with Gasteiger partial charge >= 0.3 is 0 Å². The fourth-order valence-corrected chi connectivity index (χ4v) is 4.19. The minimum absolute atomic E-state index is 0. The molecule has 182 valence electrons. The SMILES string of the molecule is CCNC(=NCCN1CCN(C(=O)C2CCC2)CC1)NC(C)CCCN(CC)CC.I. The number of hydrogen-bond acceptors (Lipinski definition) is 4. The molecule has 1 aliphatic carbocycles. The molecule has 2 aliphatic rings. The maximum atomic E-state index is 12.4. The number of carbonyl (C=O) groups is 1. The van der Waals surface area contributed by atoms with Crippen LogP contribution in [0.5, 0.6) is 0 Å². The summed E-state index contributed by atoms with van der Waals surface area (Å²) in [6.07, 6.45) is 5.78. The second-order valence-corrected chi connectivity index (χ2v) is 8.77. The summed E-state index contributed by atoms with van der Waals surface area (Å²) in [6, 6.07) is 0.416. The van der Waals surface area contributed by atoms with Crippen molar-refractivity contribution in [2.24, 2.45) is 10.9 Å². The van der Waals surface area contributed by atoms with Gasteiger partial charge in [0.15, 0.2) is 5.96 Å². The maximum Gasteiger partial charge on any atom is 0.225 e. The standard InChI is InChI=1S/C23H46N6O.HI/c1-5-24-23(26-20(4)10-9-14-27(6-2)7-3)25-13-15-28-16-18-29(19-17-28)22(30)21-11-8-12-21;/h20-21H,5-19H2,1-4H3,(H2,24,25,26);1H. The minimum Gasteiger partial charge on any atom is -0.357 e. The molecule has 2 fully saturated rings. The van der Waals surface area contributed by atoms with Gasteiger partial charge in [0.2, 0.25) is 5.91 Å². The van der Waals surface area contributed by atoms with Gasteiger partial charge in [0.1, 0.15) is 0 Å². The molecule has 8 heteroatoms. The van der Waals surface area contributed by atoms with Gasteiger partial charge in [0.25, 0.3) is 0 Å². The average molecular weight is 551 g/mol. The van der Waals surface area contributed by atoms with Crippen molar-refractivity contribution < 1.29 is 4.79 Å². The van der Waals surface area contributed by atoms with Crippen LogP contribution in [0.2, 0.25) is 0 Å². The Morgan fingerprint density at radius 3 is 2.35 bits per heavy atom. The zero-order valence-corrected chi connectivity index (χ0v) is 22.7. The third-order valence-corrected chi connectivity index (χ3v) is 6.56. The van der Waals surface area contributed by atoms with Crippen molar-refractivity contribution in [3.63, 3.8) is 0 Å². The Morgan fingerprint density at radius 2 is 1.81 bits per heavy atom. The molecule has 0 bridgehead atoms. The van der Waals surface area contributed by atoms with E-state index >= 15 is 0 Å². The molecule has 0 radical (unpaired) electrons. The normalized spacial score (nSPS) is 19.0. The van der Waals surface area contributed by atoms with Crippen LogP contribution in [0.1, 0.15) is 59.8 Å². The lowest BCUT2D eigenvalue weighted by molar-refractivity contribution is -0.139. The summed E-state index contributed by atoms with van der Waals surface area (Å²) >= 11 is 0. The molecule has 31 heavy (non-hydrogen) atoms. The van der Waals surface area contributed by atoms with Crippen LogP contribution in [0, 0.1) is 5.92 Å². The number of nitrogens with one attached hydrogen (secondary N) is 2. The second-order valence-electron chi connectivity index (χ2n) is 8.77. The van der Waals surface area contributed by atoms with Crippen molar-refractivity contribution in [3.8, 4) is 0 Å². The first-order valence-electron chi connectivity index (χ1n) is 12.4. The van der Waals surface area contributed by atoms with E-state index in [1.165, 1.54) is 19.4 Å². The Kier molecular flexibility index (Phi) is 14.7. The first-order chi connectivity index (χ1) is 14.6. The molecule has 7 nitrogen and oxygen atoms in total. The molecule has 1 heterocycles. The van der Waals surface area contributed by atoms with Crippen molar-refractivity contribution in [1.82, 2.24) is 25.3 Å². The monoisotopic (exact) mass is 550 g/mol. The first-order valence-corrected chi connectivity index (χ1v) is 12.4. The Labute approximate surface area is 207 Å². The number of aliphatic imine (C=N–C) groups is 1. The summed E-state index contributed by atoms with van der Waals surface area (Å²) in [5, 5.41) is 6.94. The van der Waals surface area contributed by atoms with Gasteiger partial charge in [-0.1, -0.05) is 20.3 Å². The molecule has 1 saturated carbocycles. The molecular formula is C23H47IN6O. The van der Waals surface area contributed by atoms with Crippen LogP contribution in [0.4, 0.5) is 0 Å². The summed E-state index contributed by atoms with van der Waals surface area (Å²) in [5.41, 5.74) is 0. The van der Waals surface area contributed by atoms with Crippen LogP contribution in [0.3, 0.4) is 0 Å². The quantitative estimate of drug-likeness (QED) is 0.222. The van der Waals surface area contributed by atoms with E-state index in [1.54, 1.807) is 0 Å². The van der Waals surface area contributed by atoms with Crippen molar-refractivity contribution in [1.29, 1.82) is 0 Å². The molecule has 1 atom stereocenters.